The molecule has 168 valence electrons. The van der Waals surface area contributed by atoms with E-state index in [0.717, 1.165) is 30.5 Å². The van der Waals surface area contributed by atoms with E-state index in [-0.39, 0.29) is 17.8 Å². The zero-order chi connectivity index (χ0) is 22.6. The van der Waals surface area contributed by atoms with E-state index in [1.54, 1.807) is 24.7 Å². The summed E-state index contributed by atoms with van der Waals surface area (Å²) in [5.41, 5.74) is 3.23. The lowest BCUT2D eigenvalue weighted by atomic mass is 10.0. The van der Waals surface area contributed by atoms with Crippen molar-refractivity contribution in [1.29, 1.82) is 0 Å². The number of aliphatic imine (C=N–C) groups is 1. The van der Waals surface area contributed by atoms with Crippen LogP contribution in [0.3, 0.4) is 0 Å². The molecular formula is C25H26N6O2. The van der Waals surface area contributed by atoms with Gasteiger partial charge in [0.25, 0.3) is 0 Å². The molecule has 2 aromatic heterocycles. The first-order chi connectivity index (χ1) is 16.2. The minimum atomic E-state index is -0.302. The highest BCUT2D eigenvalue weighted by Gasteiger charge is 2.37. The molecule has 1 unspecified atom stereocenters. The summed E-state index contributed by atoms with van der Waals surface area (Å²) in [6.45, 7) is 1.92. The van der Waals surface area contributed by atoms with Crippen molar-refractivity contribution in [2.24, 2.45) is 4.99 Å². The number of phenols is 1. The first-order valence-electron chi connectivity index (χ1n) is 11.1. The highest BCUT2D eigenvalue weighted by Crippen LogP contribution is 2.28. The number of rotatable bonds is 8. The molecule has 1 saturated heterocycles. The third kappa shape index (κ3) is 4.45. The van der Waals surface area contributed by atoms with E-state index in [1.165, 1.54) is 10.9 Å². The normalized spacial score (nSPS) is 17.2. The number of hydrogen-bond acceptors (Lipinski definition) is 4. The van der Waals surface area contributed by atoms with Crippen LogP contribution in [0.4, 0.5) is 4.79 Å². The molecule has 3 heterocycles. The Bertz CT molecular complexity index is 1260. The summed E-state index contributed by atoms with van der Waals surface area (Å²) in [6.07, 6.45) is 9.03. The maximum absolute atomic E-state index is 12.9. The van der Waals surface area contributed by atoms with E-state index in [4.69, 9.17) is 4.99 Å². The molecule has 0 radical (unpaired) electrons. The van der Waals surface area contributed by atoms with E-state index in [0.29, 0.717) is 18.9 Å². The molecule has 8 heteroatoms. The lowest BCUT2D eigenvalue weighted by Gasteiger charge is -2.23. The minimum Gasteiger partial charge on any atom is -0.508 e. The Morgan fingerprint density at radius 3 is 2.76 bits per heavy atom. The first-order valence-corrected chi connectivity index (χ1v) is 11.1. The van der Waals surface area contributed by atoms with Crippen molar-refractivity contribution in [3.05, 3.63) is 84.6 Å². The second-order valence-corrected chi connectivity index (χ2v) is 8.15. The number of hydrogen-bond donors (Lipinski definition) is 3. The summed E-state index contributed by atoms with van der Waals surface area (Å²) in [4.78, 5) is 26.8. The Hall–Kier alpha value is -4.07. The molecule has 1 atom stereocenters. The van der Waals surface area contributed by atoms with Gasteiger partial charge in [-0.3, -0.25) is 10.3 Å². The SMILES string of the molecule is O=C1NC(=NCCc2c[nH]c3ccccc23)C(c2ccc(O)cc2)N1CCCn1ccnc1. The van der Waals surface area contributed by atoms with Gasteiger partial charge in [-0.25, -0.2) is 9.78 Å². The molecule has 0 bridgehead atoms. The van der Waals surface area contributed by atoms with Crippen LogP contribution in [0.2, 0.25) is 0 Å². The van der Waals surface area contributed by atoms with Crippen LogP contribution in [-0.4, -0.2) is 49.5 Å². The van der Waals surface area contributed by atoms with E-state index in [2.05, 4.69) is 27.4 Å². The second-order valence-electron chi connectivity index (χ2n) is 8.15. The van der Waals surface area contributed by atoms with Crippen LogP contribution >= 0.6 is 0 Å². The fraction of sp³-hybridized carbons (Fsp3) is 0.240. The molecule has 0 aliphatic carbocycles. The van der Waals surface area contributed by atoms with Crippen LogP contribution in [0.1, 0.15) is 23.6 Å². The van der Waals surface area contributed by atoms with Gasteiger partial charge in [0.05, 0.1) is 6.33 Å². The average Bonchev–Trinajstić information content (AvgIpc) is 3.55. The number of H-pyrrole nitrogens is 1. The number of para-hydroxylation sites is 1. The number of amides is 2. The van der Waals surface area contributed by atoms with Gasteiger partial charge in [0.15, 0.2) is 0 Å². The molecule has 1 fully saturated rings. The van der Waals surface area contributed by atoms with Crippen molar-refractivity contribution in [3.8, 4) is 5.75 Å². The standard InChI is InChI=1S/C25H26N6O2/c32-20-8-6-18(7-9-20)23-24(27-11-10-19-16-28-22-5-2-1-4-21(19)22)29-25(33)31(23)14-3-13-30-15-12-26-17-30/h1-2,4-9,12,15-17,23,28,32H,3,10-11,13-14H2,(H,27,29,33). The van der Waals surface area contributed by atoms with Gasteiger partial charge < -0.3 is 19.6 Å². The molecule has 4 aromatic rings. The fourth-order valence-corrected chi connectivity index (χ4v) is 4.34. The highest BCUT2D eigenvalue weighted by atomic mass is 16.3. The molecule has 2 amide bonds. The molecule has 8 nitrogen and oxygen atoms in total. The number of benzene rings is 2. The van der Waals surface area contributed by atoms with Gasteiger partial charge in [0, 0.05) is 49.1 Å². The second kappa shape index (κ2) is 9.20. The largest absolute Gasteiger partial charge is 0.508 e. The Morgan fingerprint density at radius 1 is 1.09 bits per heavy atom. The summed E-state index contributed by atoms with van der Waals surface area (Å²) in [7, 11) is 0. The first kappa shape index (κ1) is 20.8. The van der Waals surface area contributed by atoms with Crippen LogP contribution in [-0.2, 0) is 13.0 Å². The van der Waals surface area contributed by atoms with Crippen LogP contribution in [0.15, 0.2) is 78.4 Å². The number of carbonyl (C=O) groups excluding carboxylic acids is 1. The maximum atomic E-state index is 12.9. The fourth-order valence-electron chi connectivity index (χ4n) is 4.34. The lowest BCUT2D eigenvalue weighted by molar-refractivity contribution is 0.204. The van der Waals surface area contributed by atoms with Gasteiger partial charge >= 0.3 is 6.03 Å². The average molecular weight is 443 g/mol. The van der Waals surface area contributed by atoms with Crippen molar-refractivity contribution in [3.63, 3.8) is 0 Å². The van der Waals surface area contributed by atoms with Gasteiger partial charge in [-0.15, -0.1) is 0 Å². The number of aromatic hydroxyl groups is 1. The van der Waals surface area contributed by atoms with E-state index in [1.807, 2.05) is 46.1 Å². The number of imidazole rings is 1. The van der Waals surface area contributed by atoms with Gasteiger partial charge in [0.2, 0.25) is 0 Å². The van der Waals surface area contributed by atoms with Crippen LogP contribution in [0, 0.1) is 0 Å². The summed E-state index contributed by atoms with van der Waals surface area (Å²) in [6, 6.07) is 14.7. The highest BCUT2D eigenvalue weighted by molar-refractivity contribution is 6.07. The number of amidine groups is 1. The lowest BCUT2D eigenvalue weighted by Crippen LogP contribution is -2.31. The summed E-state index contributed by atoms with van der Waals surface area (Å²) in [5.74, 6) is 0.841. The molecule has 0 saturated carbocycles. The molecule has 33 heavy (non-hydrogen) atoms. The third-order valence-electron chi connectivity index (χ3n) is 5.99. The van der Waals surface area contributed by atoms with Gasteiger partial charge in [-0.05, 0) is 42.2 Å². The van der Waals surface area contributed by atoms with Crippen LogP contribution in [0.5, 0.6) is 5.75 Å². The van der Waals surface area contributed by atoms with E-state index in [9.17, 15) is 9.90 Å². The predicted molar refractivity (Wildman–Crippen MR) is 127 cm³/mol. The number of nitrogens with zero attached hydrogens (tertiary/aromatic N) is 4. The van der Waals surface area contributed by atoms with Gasteiger partial charge in [-0.1, -0.05) is 30.3 Å². The molecule has 1 aliphatic rings. The molecule has 3 N–H and O–H groups in total. The topological polar surface area (TPSA) is 98.5 Å². The number of fused-ring (bicyclic) bond motifs is 1. The summed E-state index contributed by atoms with van der Waals surface area (Å²) < 4.78 is 2.00. The van der Waals surface area contributed by atoms with Gasteiger partial charge in [-0.2, -0.15) is 0 Å². The summed E-state index contributed by atoms with van der Waals surface area (Å²) in [5, 5.41) is 13.9. The van der Waals surface area contributed by atoms with E-state index >= 15 is 0 Å². The number of aromatic nitrogens is 3. The Morgan fingerprint density at radius 2 is 1.94 bits per heavy atom. The molecule has 1 aliphatic heterocycles. The third-order valence-corrected chi connectivity index (χ3v) is 5.99. The number of carbonyl (C=O) groups is 1. The van der Waals surface area contributed by atoms with Crippen molar-refractivity contribution < 1.29 is 9.90 Å². The maximum Gasteiger partial charge on any atom is 0.323 e. The Labute approximate surface area is 191 Å². The monoisotopic (exact) mass is 442 g/mol. The number of aromatic amines is 1. The van der Waals surface area contributed by atoms with Crippen molar-refractivity contribution >= 4 is 22.8 Å². The Balaban J connectivity index is 1.34. The molecule has 5 rings (SSSR count). The zero-order valence-corrected chi connectivity index (χ0v) is 18.2. The van der Waals surface area contributed by atoms with Crippen LogP contribution in [0.25, 0.3) is 10.9 Å². The quantitative estimate of drug-likeness (QED) is 0.386. The number of urea groups is 1. The molecular weight excluding hydrogens is 416 g/mol. The van der Waals surface area contributed by atoms with Crippen molar-refractivity contribution in [1.82, 2.24) is 24.8 Å². The number of phenolic OH excluding ortho intramolecular Hbond substituents is 1. The molecule has 0 spiro atoms. The van der Waals surface area contributed by atoms with Gasteiger partial charge in [0.1, 0.15) is 17.6 Å². The Kier molecular flexibility index (Phi) is 5.80. The van der Waals surface area contributed by atoms with E-state index < -0.39 is 0 Å². The number of aryl methyl sites for hydroxylation is 1. The van der Waals surface area contributed by atoms with Crippen LogP contribution < -0.4 is 5.32 Å². The van der Waals surface area contributed by atoms with Crippen molar-refractivity contribution in [2.45, 2.75) is 25.4 Å². The number of nitrogens with one attached hydrogen (secondary N) is 2. The zero-order valence-electron chi connectivity index (χ0n) is 18.2. The predicted octanol–water partition coefficient (Wildman–Crippen LogP) is 3.87. The van der Waals surface area contributed by atoms with Crippen molar-refractivity contribution in [2.75, 3.05) is 13.1 Å². The summed E-state index contributed by atoms with van der Waals surface area (Å²) >= 11 is 0. The smallest absolute Gasteiger partial charge is 0.323 e. The molecule has 2 aromatic carbocycles. The minimum absolute atomic E-state index is 0.149.